The molecule has 1 aromatic heterocycles. The number of carbonyl (C=O) groups is 1. The highest BCUT2D eigenvalue weighted by atomic mass is 16.5. The molecule has 0 spiro atoms. The third-order valence-electron chi connectivity index (χ3n) is 4.70. The number of amides is 1. The van der Waals surface area contributed by atoms with Crippen molar-refractivity contribution in [1.82, 2.24) is 15.1 Å². The monoisotopic (exact) mass is 453 g/mol. The first kappa shape index (κ1) is 23.6. The topological polar surface area (TPSA) is 101 Å². The van der Waals surface area contributed by atoms with Crippen molar-refractivity contribution in [3.8, 4) is 34.3 Å². The second-order valence-electron chi connectivity index (χ2n) is 6.86. The lowest BCUT2D eigenvalue weighted by Gasteiger charge is -2.13. The normalized spacial score (nSPS) is 10.4. The summed E-state index contributed by atoms with van der Waals surface area (Å²) in [5.41, 5.74) is 0.959. The number of benzene rings is 2. The summed E-state index contributed by atoms with van der Waals surface area (Å²) >= 11 is 0. The highest BCUT2D eigenvalue weighted by Gasteiger charge is 2.12. The predicted octanol–water partition coefficient (Wildman–Crippen LogP) is 2.52. The molecule has 1 amide bonds. The predicted molar refractivity (Wildman–Crippen MR) is 123 cm³/mol. The molecule has 0 aliphatic heterocycles. The van der Waals surface area contributed by atoms with Crippen LogP contribution in [0.1, 0.15) is 6.92 Å². The lowest BCUT2D eigenvalue weighted by atomic mass is 10.1. The van der Waals surface area contributed by atoms with Crippen LogP contribution in [0.2, 0.25) is 0 Å². The SMILES string of the molecule is CCOc1ccccc1OCC(=O)NCCn1nc(-c2cc(OC)ccc2OC)ccc1=O. The van der Waals surface area contributed by atoms with E-state index in [9.17, 15) is 9.59 Å². The summed E-state index contributed by atoms with van der Waals surface area (Å²) in [7, 11) is 3.13. The Morgan fingerprint density at radius 1 is 0.970 bits per heavy atom. The summed E-state index contributed by atoms with van der Waals surface area (Å²) in [4.78, 5) is 24.4. The molecule has 0 fully saturated rings. The van der Waals surface area contributed by atoms with Gasteiger partial charge in [-0.2, -0.15) is 5.10 Å². The summed E-state index contributed by atoms with van der Waals surface area (Å²) in [5.74, 6) is 2.00. The fraction of sp³-hybridized carbons (Fsp3) is 0.292. The van der Waals surface area contributed by atoms with Gasteiger partial charge in [0.25, 0.3) is 11.5 Å². The molecule has 9 heteroatoms. The van der Waals surface area contributed by atoms with Crippen LogP contribution in [0.4, 0.5) is 0 Å². The van der Waals surface area contributed by atoms with E-state index in [0.717, 1.165) is 0 Å². The summed E-state index contributed by atoms with van der Waals surface area (Å²) in [5, 5.41) is 7.15. The van der Waals surface area contributed by atoms with Gasteiger partial charge in [0.05, 0.1) is 33.1 Å². The minimum absolute atomic E-state index is 0.173. The number of nitrogens with one attached hydrogen (secondary N) is 1. The summed E-state index contributed by atoms with van der Waals surface area (Å²) in [6.07, 6.45) is 0. The molecular formula is C24H27N3O6. The number of hydrogen-bond donors (Lipinski definition) is 1. The van der Waals surface area contributed by atoms with Crippen LogP contribution in [-0.2, 0) is 11.3 Å². The van der Waals surface area contributed by atoms with Crippen molar-refractivity contribution in [2.75, 3.05) is 34.0 Å². The zero-order valence-corrected chi connectivity index (χ0v) is 18.9. The molecule has 0 saturated carbocycles. The molecule has 0 aliphatic rings. The molecule has 3 aromatic rings. The van der Waals surface area contributed by atoms with Crippen molar-refractivity contribution in [3.05, 3.63) is 65.0 Å². The second-order valence-corrected chi connectivity index (χ2v) is 6.86. The third-order valence-corrected chi connectivity index (χ3v) is 4.70. The molecule has 0 radical (unpaired) electrons. The zero-order chi connectivity index (χ0) is 23.6. The molecule has 1 N–H and O–H groups in total. The smallest absolute Gasteiger partial charge is 0.266 e. The Bertz CT molecular complexity index is 1150. The molecule has 2 aromatic carbocycles. The summed E-state index contributed by atoms with van der Waals surface area (Å²) in [6.45, 7) is 2.60. The molecule has 9 nitrogen and oxygen atoms in total. The van der Waals surface area contributed by atoms with E-state index in [1.165, 1.54) is 10.7 Å². The number of ether oxygens (including phenoxy) is 4. The van der Waals surface area contributed by atoms with E-state index in [-0.39, 0.29) is 31.2 Å². The standard InChI is InChI=1S/C24H27N3O6/c1-4-32-21-7-5-6-8-22(21)33-16-23(28)25-13-14-27-24(29)12-10-19(26-27)18-15-17(30-2)9-11-20(18)31-3/h5-12,15H,4,13-14,16H2,1-3H3,(H,25,28). The van der Waals surface area contributed by atoms with Crippen molar-refractivity contribution in [2.45, 2.75) is 13.5 Å². The van der Waals surface area contributed by atoms with E-state index in [1.807, 2.05) is 13.0 Å². The number of para-hydroxylation sites is 2. The first-order valence-corrected chi connectivity index (χ1v) is 10.5. The molecular weight excluding hydrogens is 426 g/mol. The van der Waals surface area contributed by atoms with Crippen LogP contribution in [0.3, 0.4) is 0 Å². The Morgan fingerprint density at radius 2 is 1.73 bits per heavy atom. The van der Waals surface area contributed by atoms with Crippen LogP contribution in [-0.4, -0.2) is 49.7 Å². The van der Waals surface area contributed by atoms with E-state index in [1.54, 1.807) is 56.7 Å². The Morgan fingerprint density at radius 3 is 2.42 bits per heavy atom. The number of carbonyl (C=O) groups excluding carboxylic acids is 1. The van der Waals surface area contributed by atoms with Crippen molar-refractivity contribution in [3.63, 3.8) is 0 Å². The minimum atomic E-state index is -0.319. The number of hydrogen-bond acceptors (Lipinski definition) is 7. The van der Waals surface area contributed by atoms with E-state index >= 15 is 0 Å². The highest BCUT2D eigenvalue weighted by Crippen LogP contribution is 2.31. The van der Waals surface area contributed by atoms with Gasteiger partial charge >= 0.3 is 0 Å². The Labute approximate surface area is 191 Å². The molecule has 174 valence electrons. The van der Waals surface area contributed by atoms with E-state index in [0.29, 0.717) is 40.9 Å². The van der Waals surface area contributed by atoms with E-state index in [2.05, 4.69) is 10.4 Å². The average Bonchev–Trinajstić information content (AvgIpc) is 2.84. The van der Waals surface area contributed by atoms with Crippen LogP contribution in [0.5, 0.6) is 23.0 Å². The second kappa shape index (κ2) is 11.6. The Balaban J connectivity index is 1.61. The van der Waals surface area contributed by atoms with Gasteiger partial charge in [-0.15, -0.1) is 0 Å². The Hall–Kier alpha value is -4.01. The molecule has 0 aliphatic carbocycles. The molecule has 33 heavy (non-hydrogen) atoms. The first-order valence-electron chi connectivity index (χ1n) is 10.5. The molecule has 3 rings (SSSR count). The lowest BCUT2D eigenvalue weighted by molar-refractivity contribution is -0.123. The van der Waals surface area contributed by atoms with Gasteiger partial charge in [0.1, 0.15) is 11.5 Å². The maximum Gasteiger partial charge on any atom is 0.266 e. The van der Waals surface area contributed by atoms with Crippen molar-refractivity contribution in [2.24, 2.45) is 0 Å². The van der Waals surface area contributed by atoms with Crippen LogP contribution in [0.15, 0.2) is 59.4 Å². The number of nitrogens with zero attached hydrogens (tertiary/aromatic N) is 2. The largest absolute Gasteiger partial charge is 0.497 e. The molecule has 0 bridgehead atoms. The molecule has 0 unspecified atom stereocenters. The van der Waals surface area contributed by atoms with E-state index < -0.39 is 0 Å². The molecule has 0 saturated heterocycles. The highest BCUT2D eigenvalue weighted by molar-refractivity contribution is 5.77. The van der Waals surface area contributed by atoms with Gasteiger partial charge < -0.3 is 24.3 Å². The lowest BCUT2D eigenvalue weighted by Crippen LogP contribution is -2.34. The van der Waals surface area contributed by atoms with Gasteiger partial charge in [0, 0.05) is 18.2 Å². The van der Waals surface area contributed by atoms with Crippen LogP contribution >= 0.6 is 0 Å². The first-order chi connectivity index (χ1) is 16.0. The van der Waals surface area contributed by atoms with Crippen molar-refractivity contribution >= 4 is 5.91 Å². The zero-order valence-electron chi connectivity index (χ0n) is 18.9. The average molecular weight is 453 g/mol. The summed E-state index contributed by atoms with van der Waals surface area (Å²) in [6, 6.07) is 15.5. The van der Waals surface area contributed by atoms with Gasteiger partial charge in [-0.05, 0) is 43.3 Å². The van der Waals surface area contributed by atoms with Crippen LogP contribution in [0.25, 0.3) is 11.3 Å². The Kier molecular flexibility index (Phi) is 8.29. The van der Waals surface area contributed by atoms with E-state index in [4.69, 9.17) is 18.9 Å². The number of rotatable bonds is 11. The number of methoxy groups -OCH3 is 2. The van der Waals surface area contributed by atoms with Crippen molar-refractivity contribution in [1.29, 1.82) is 0 Å². The molecule has 0 atom stereocenters. The quantitative estimate of drug-likeness (QED) is 0.476. The fourth-order valence-electron chi connectivity index (χ4n) is 3.11. The van der Waals surface area contributed by atoms with Gasteiger partial charge in [0.2, 0.25) is 0 Å². The maximum absolute atomic E-state index is 12.3. The summed E-state index contributed by atoms with van der Waals surface area (Å²) < 4.78 is 23.0. The van der Waals surface area contributed by atoms with Gasteiger partial charge in [-0.25, -0.2) is 4.68 Å². The fourth-order valence-corrected chi connectivity index (χ4v) is 3.11. The molecule has 1 heterocycles. The van der Waals surface area contributed by atoms with Crippen LogP contribution < -0.4 is 29.8 Å². The maximum atomic E-state index is 12.3. The number of aromatic nitrogens is 2. The van der Waals surface area contributed by atoms with Crippen LogP contribution in [0, 0.1) is 0 Å². The van der Waals surface area contributed by atoms with Gasteiger partial charge in [0.15, 0.2) is 18.1 Å². The van der Waals surface area contributed by atoms with Gasteiger partial charge in [-0.1, -0.05) is 12.1 Å². The third kappa shape index (κ3) is 6.25. The van der Waals surface area contributed by atoms with Gasteiger partial charge in [-0.3, -0.25) is 9.59 Å². The van der Waals surface area contributed by atoms with Crippen molar-refractivity contribution < 1.29 is 23.7 Å². The minimum Gasteiger partial charge on any atom is -0.497 e.